The number of hydrogen-bond donors (Lipinski definition) is 0. The van der Waals surface area contributed by atoms with Gasteiger partial charge in [-0.25, -0.2) is 0 Å². The third-order valence-corrected chi connectivity index (χ3v) is 15.0. The standard InChI is InChI=1S/C67H128O5/c1-4-7-10-13-16-19-22-25-28-31-33-35-38-41-44-47-50-53-56-59-62-70-63-65(72-67(69)61-58-55-52-49-46-43-40-36-30-27-24-21-18-15-12-9-6-3)64-71-66(68)60-57-54-51-48-45-42-39-37-34-32-29-26-23-20-17-14-11-8-5-2/h17,20,26,29,65H,4-16,18-19,21-25,27-28,30-64H2,1-3H3/b20-17-,29-26-. The maximum Gasteiger partial charge on any atom is 0.306 e. The summed E-state index contributed by atoms with van der Waals surface area (Å²) in [4.78, 5) is 25.6. The zero-order valence-electron chi connectivity index (χ0n) is 49.2. The number of esters is 2. The molecule has 0 aliphatic rings. The van der Waals surface area contributed by atoms with Gasteiger partial charge >= 0.3 is 11.9 Å². The van der Waals surface area contributed by atoms with Crippen molar-refractivity contribution in [2.45, 2.75) is 374 Å². The molecule has 0 rings (SSSR count). The fourth-order valence-corrected chi connectivity index (χ4v) is 10.1. The van der Waals surface area contributed by atoms with Gasteiger partial charge < -0.3 is 14.2 Å². The van der Waals surface area contributed by atoms with E-state index in [2.05, 4.69) is 45.1 Å². The highest BCUT2D eigenvalue weighted by molar-refractivity contribution is 5.70. The van der Waals surface area contributed by atoms with Crippen LogP contribution in [0.1, 0.15) is 367 Å². The minimum absolute atomic E-state index is 0.0921. The van der Waals surface area contributed by atoms with Crippen molar-refractivity contribution >= 4 is 11.9 Å². The average molecular weight is 1010 g/mol. The van der Waals surface area contributed by atoms with E-state index in [0.29, 0.717) is 26.1 Å². The normalized spacial score (nSPS) is 12.2. The Morgan fingerprint density at radius 3 is 0.944 bits per heavy atom. The molecule has 0 aromatic rings. The Bertz CT molecular complexity index is 1100. The number of carbonyl (C=O) groups excluding carboxylic acids is 2. The predicted octanol–water partition coefficient (Wildman–Crippen LogP) is 22.7. The largest absolute Gasteiger partial charge is 0.462 e. The first kappa shape index (κ1) is 70.4. The van der Waals surface area contributed by atoms with Crippen LogP contribution in [0.2, 0.25) is 0 Å². The summed E-state index contributed by atoms with van der Waals surface area (Å²) in [7, 11) is 0. The van der Waals surface area contributed by atoms with Gasteiger partial charge in [-0.1, -0.05) is 328 Å². The molecule has 1 atom stereocenters. The molecular formula is C67H128O5. The van der Waals surface area contributed by atoms with E-state index < -0.39 is 6.10 Å². The molecule has 72 heavy (non-hydrogen) atoms. The van der Waals surface area contributed by atoms with Crippen molar-refractivity contribution in [3.8, 4) is 0 Å². The van der Waals surface area contributed by atoms with E-state index in [-0.39, 0.29) is 18.5 Å². The van der Waals surface area contributed by atoms with Gasteiger partial charge in [0.2, 0.25) is 0 Å². The van der Waals surface area contributed by atoms with E-state index >= 15 is 0 Å². The Morgan fingerprint density at radius 2 is 0.583 bits per heavy atom. The summed E-state index contributed by atoms with van der Waals surface area (Å²) in [5, 5.41) is 0. The summed E-state index contributed by atoms with van der Waals surface area (Å²) in [5.41, 5.74) is 0. The Labute approximate surface area is 451 Å². The van der Waals surface area contributed by atoms with Gasteiger partial charge in [-0.2, -0.15) is 0 Å². The van der Waals surface area contributed by atoms with Crippen LogP contribution < -0.4 is 0 Å². The lowest BCUT2D eigenvalue weighted by Crippen LogP contribution is -2.30. The molecule has 0 aromatic carbocycles. The van der Waals surface area contributed by atoms with Crippen LogP contribution in [-0.4, -0.2) is 37.9 Å². The molecule has 5 nitrogen and oxygen atoms in total. The number of rotatable bonds is 62. The van der Waals surface area contributed by atoms with Gasteiger partial charge in [-0.15, -0.1) is 0 Å². The number of carbonyl (C=O) groups is 2. The van der Waals surface area contributed by atoms with Crippen LogP contribution >= 0.6 is 0 Å². The van der Waals surface area contributed by atoms with Crippen LogP contribution in [0.3, 0.4) is 0 Å². The molecule has 1 unspecified atom stereocenters. The van der Waals surface area contributed by atoms with Crippen molar-refractivity contribution in [1.82, 2.24) is 0 Å². The first-order valence-corrected chi connectivity index (χ1v) is 32.9. The Hall–Kier alpha value is -1.62. The lowest BCUT2D eigenvalue weighted by atomic mass is 10.0. The number of ether oxygens (including phenoxy) is 3. The minimum atomic E-state index is -0.532. The molecule has 426 valence electrons. The van der Waals surface area contributed by atoms with Gasteiger partial charge in [0.25, 0.3) is 0 Å². The molecule has 0 aliphatic heterocycles. The van der Waals surface area contributed by atoms with Crippen molar-refractivity contribution in [3.63, 3.8) is 0 Å². The highest BCUT2D eigenvalue weighted by Gasteiger charge is 2.18. The number of unbranched alkanes of at least 4 members (excludes halogenated alkanes) is 47. The maximum absolute atomic E-state index is 12.9. The molecule has 0 fully saturated rings. The Balaban J connectivity index is 4.21. The van der Waals surface area contributed by atoms with Crippen LogP contribution in [0, 0.1) is 0 Å². The van der Waals surface area contributed by atoms with Gasteiger partial charge in [0.15, 0.2) is 6.10 Å². The molecule has 0 amide bonds. The third-order valence-electron chi connectivity index (χ3n) is 15.0. The molecule has 0 aliphatic carbocycles. The molecular weight excluding hydrogens is 885 g/mol. The van der Waals surface area contributed by atoms with Crippen LogP contribution in [0.5, 0.6) is 0 Å². The highest BCUT2D eigenvalue weighted by Crippen LogP contribution is 2.18. The number of allylic oxidation sites excluding steroid dienone is 4. The van der Waals surface area contributed by atoms with E-state index in [4.69, 9.17) is 14.2 Å². The van der Waals surface area contributed by atoms with Crippen LogP contribution in [0.15, 0.2) is 24.3 Å². The second kappa shape index (κ2) is 63.7. The van der Waals surface area contributed by atoms with E-state index in [0.717, 1.165) is 38.5 Å². The van der Waals surface area contributed by atoms with Gasteiger partial charge in [0.1, 0.15) is 6.61 Å². The third kappa shape index (κ3) is 60.9. The highest BCUT2D eigenvalue weighted by atomic mass is 16.6. The average Bonchev–Trinajstić information content (AvgIpc) is 3.38. The quantitative estimate of drug-likeness (QED) is 0.0345. The van der Waals surface area contributed by atoms with Crippen LogP contribution in [0.25, 0.3) is 0 Å². The molecule has 0 aromatic heterocycles. The molecule has 5 heteroatoms. The summed E-state index contributed by atoms with van der Waals surface area (Å²) in [6.45, 7) is 7.90. The lowest BCUT2D eigenvalue weighted by molar-refractivity contribution is -0.163. The van der Waals surface area contributed by atoms with E-state index in [1.807, 2.05) is 0 Å². The SMILES string of the molecule is CCCCC/C=C\C/C=C\CCCCCCCCCCCC(=O)OCC(COCCCCCCCCCCCCCCCCCCCCCC)OC(=O)CCCCCCCCCCCCCCCCCCC. The van der Waals surface area contributed by atoms with E-state index in [1.54, 1.807) is 0 Å². The van der Waals surface area contributed by atoms with Crippen LogP contribution in [0.4, 0.5) is 0 Å². The molecule has 0 spiro atoms. The zero-order chi connectivity index (χ0) is 52.0. The second-order valence-corrected chi connectivity index (χ2v) is 22.4. The number of hydrogen-bond acceptors (Lipinski definition) is 5. The molecule has 0 radical (unpaired) electrons. The minimum Gasteiger partial charge on any atom is -0.462 e. The molecule has 0 heterocycles. The van der Waals surface area contributed by atoms with Crippen molar-refractivity contribution in [3.05, 3.63) is 24.3 Å². The molecule has 0 bridgehead atoms. The summed E-state index contributed by atoms with van der Waals surface area (Å²) in [6, 6.07) is 0. The van der Waals surface area contributed by atoms with Crippen molar-refractivity contribution in [2.75, 3.05) is 19.8 Å². The molecule has 0 saturated heterocycles. The van der Waals surface area contributed by atoms with E-state index in [9.17, 15) is 9.59 Å². The van der Waals surface area contributed by atoms with Crippen molar-refractivity contribution in [2.24, 2.45) is 0 Å². The Kier molecular flexibility index (Phi) is 62.2. The first-order valence-electron chi connectivity index (χ1n) is 32.9. The van der Waals surface area contributed by atoms with Gasteiger partial charge in [0, 0.05) is 19.4 Å². The fourth-order valence-electron chi connectivity index (χ4n) is 10.1. The van der Waals surface area contributed by atoms with Crippen molar-refractivity contribution < 1.29 is 23.8 Å². The van der Waals surface area contributed by atoms with Gasteiger partial charge in [-0.05, 0) is 51.4 Å². The maximum atomic E-state index is 12.9. The second-order valence-electron chi connectivity index (χ2n) is 22.4. The van der Waals surface area contributed by atoms with Gasteiger partial charge in [-0.3, -0.25) is 9.59 Å². The van der Waals surface area contributed by atoms with E-state index in [1.165, 1.54) is 295 Å². The Morgan fingerprint density at radius 1 is 0.306 bits per heavy atom. The first-order chi connectivity index (χ1) is 35.6. The summed E-state index contributed by atoms with van der Waals surface area (Å²) in [6.07, 6.45) is 77.9. The smallest absolute Gasteiger partial charge is 0.306 e. The summed E-state index contributed by atoms with van der Waals surface area (Å²) in [5.74, 6) is -0.372. The molecule has 0 N–H and O–H groups in total. The topological polar surface area (TPSA) is 61.8 Å². The summed E-state index contributed by atoms with van der Waals surface area (Å²) >= 11 is 0. The monoisotopic (exact) mass is 1010 g/mol. The zero-order valence-corrected chi connectivity index (χ0v) is 49.2. The molecule has 0 saturated carbocycles. The fraction of sp³-hybridized carbons (Fsp3) is 0.910. The van der Waals surface area contributed by atoms with Crippen molar-refractivity contribution in [1.29, 1.82) is 0 Å². The summed E-state index contributed by atoms with van der Waals surface area (Å²) < 4.78 is 17.6. The predicted molar refractivity (Wildman–Crippen MR) is 316 cm³/mol. The van der Waals surface area contributed by atoms with Gasteiger partial charge in [0.05, 0.1) is 6.61 Å². The van der Waals surface area contributed by atoms with Crippen LogP contribution in [-0.2, 0) is 23.8 Å². The lowest BCUT2D eigenvalue weighted by Gasteiger charge is -2.18.